The molecule has 2 heterocycles. The van der Waals surface area contributed by atoms with Crippen LogP contribution >= 0.6 is 12.6 Å². The average molecular weight is 480 g/mol. The van der Waals surface area contributed by atoms with E-state index in [1.165, 1.54) is 18.4 Å². The summed E-state index contributed by atoms with van der Waals surface area (Å²) >= 11 is 4.60. The van der Waals surface area contributed by atoms with E-state index in [0.717, 1.165) is 61.0 Å². The smallest absolute Gasteiger partial charge is 0.118 e. The minimum absolute atomic E-state index is 0.130. The number of hydrogen-bond donors (Lipinski definition) is 1. The van der Waals surface area contributed by atoms with Crippen molar-refractivity contribution in [2.24, 2.45) is 22.7 Å². The maximum absolute atomic E-state index is 13.3. The van der Waals surface area contributed by atoms with Crippen LogP contribution < -0.4 is 0 Å². The fraction of sp³-hybridized carbons (Fsp3) is 0.483. The van der Waals surface area contributed by atoms with Gasteiger partial charge in [-0.15, -0.1) is 0 Å². The van der Waals surface area contributed by atoms with E-state index in [2.05, 4.69) is 74.6 Å². The molecule has 0 spiro atoms. The quantitative estimate of drug-likeness (QED) is 0.418. The van der Waals surface area contributed by atoms with Gasteiger partial charge in [-0.05, 0) is 74.3 Å². The monoisotopic (exact) mass is 479 g/mol. The van der Waals surface area contributed by atoms with Gasteiger partial charge in [-0.3, -0.25) is 0 Å². The molecule has 0 radical (unpaired) electrons. The maximum Gasteiger partial charge on any atom is 0.118 e. The lowest BCUT2D eigenvalue weighted by molar-refractivity contribution is 0.199. The largest absolute Gasteiger partial charge is 0.374 e. The highest BCUT2D eigenvalue weighted by Crippen LogP contribution is 2.37. The molecular formula is C29H38FN3S. The first-order valence-electron chi connectivity index (χ1n) is 12.6. The van der Waals surface area contributed by atoms with Crippen molar-refractivity contribution in [2.75, 3.05) is 19.6 Å². The van der Waals surface area contributed by atoms with Crippen LogP contribution in [0.4, 0.5) is 10.1 Å². The van der Waals surface area contributed by atoms with E-state index in [4.69, 9.17) is 4.99 Å². The van der Waals surface area contributed by atoms with Crippen molar-refractivity contribution < 1.29 is 4.39 Å². The first-order chi connectivity index (χ1) is 16.2. The number of nitrogens with zero attached hydrogens (tertiary/aromatic N) is 3. The number of halogens is 1. The molecule has 0 saturated carbocycles. The van der Waals surface area contributed by atoms with Crippen molar-refractivity contribution in [2.45, 2.75) is 51.7 Å². The molecule has 34 heavy (non-hydrogen) atoms. The summed E-state index contributed by atoms with van der Waals surface area (Å²) in [6.45, 7) is 18.3. The van der Waals surface area contributed by atoms with E-state index >= 15 is 0 Å². The van der Waals surface area contributed by atoms with E-state index in [9.17, 15) is 4.39 Å². The van der Waals surface area contributed by atoms with E-state index in [-0.39, 0.29) is 11.1 Å². The molecular weight excluding hydrogens is 441 g/mol. The number of rotatable bonds is 7. The van der Waals surface area contributed by atoms with E-state index < -0.39 is 0 Å². The molecule has 0 N–H and O–H groups in total. The van der Waals surface area contributed by atoms with Gasteiger partial charge in [0.15, 0.2) is 0 Å². The Labute approximate surface area is 210 Å². The first-order valence-corrected chi connectivity index (χ1v) is 13.1. The van der Waals surface area contributed by atoms with Crippen LogP contribution in [0, 0.1) is 17.8 Å². The van der Waals surface area contributed by atoms with Crippen LogP contribution in [0.3, 0.4) is 0 Å². The summed E-state index contributed by atoms with van der Waals surface area (Å²) in [4.78, 5) is 9.85. The van der Waals surface area contributed by atoms with Crippen molar-refractivity contribution in [1.82, 2.24) is 9.80 Å². The molecule has 5 heteroatoms. The second kappa shape index (κ2) is 10.6. The molecule has 182 valence electrons. The molecule has 3 unspecified atom stereocenters. The number of amidine groups is 1. The van der Waals surface area contributed by atoms with Crippen molar-refractivity contribution in [3.63, 3.8) is 0 Å². The maximum atomic E-state index is 13.3. The minimum atomic E-state index is -0.130. The Kier molecular flexibility index (Phi) is 7.71. The summed E-state index contributed by atoms with van der Waals surface area (Å²) in [5, 5.41) is 0.174. The molecule has 1 aromatic carbocycles. The predicted molar refractivity (Wildman–Crippen MR) is 146 cm³/mol. The molecule has 1 saturated heterocycles. The summed E-state index contributed by atoms with van der Waals surface area (Å²) in [6, 6.07) is 6.53. The van der Waals surface area contributed by atoms with Crippen LogP contribution in [0.5, 0.6) is 0 Å². The Balaban J connectivity index is 1.53. The van der Waals surface area contributed by atoms with Gasteiger partial charge in [-0.2, -0.15) is 12.6 Å². The van der Waals surface area contributed by atoms with Crippen LogP contribution in [-0.4, -0.2) is 40.5 Å². The van der Waals surface area contributed by atoms with Gasteiger partial charge in [0.2, 0.25) is 0 Å². The topological polar surface area (TPSA) is 18.8 Å². The van der Waals surface area contributed by atoms with E-state index in [0.29, 0.717) is 17.8 Å². The summed E-state index contributed by atoms with van der Waals surface area (Å²) in [6.07, 6.45) is 9.26. The zero-order valence-electron chi connectivity index (χ0n) is 20.8. The normalized spacial score (nSPS) is 23.5. The fourth-order valence-corrected chi connectivity index (χ4v) is 5.40. The molecule has 0 bridgehead atoms. The van der Waals surface area contributed by atoms with Gasteiger partial charge < -0.3 is 9.80 Å². The van der Waals surface area contributed by atoms with Crippen molar-refractivity contribution in [3.8, 4) is 0 Å². The lowest BCUT2D eigenvalue weighted by Gasteiger charge is -2.41. The van der Waals surface area contributed by atoms with Crippen LogP contribution in [0.15, 0.2) is 66.1 Å². The highest BCUT2D eigenvalue weighted by atomic mass is 32.1. The number of aliphatic imine (C=N–C) groups is 1. The van der Waals surface area contributed by atoms with Crippen LogP contribution in [-0.2, 0) is 6.42 Å². The van der Waals surface area contributed by atoms with Gasteiger partial charge >= 0.3 is 0 Å². The standard InChI is InChI=1S/C29H38FN3S/c1-19(2)29-31-28-13-10-24(15-23-8-11-26(30)12-9-23)16-27(28)21(4)33(29)18-25-7-6-14-32(17-25)20(3)22(5)34/h8,10-13,16,19,22-23,25,34H,3-4,6-7,9,14-15,17-18H2,1-2,5H3. The summed E-state index contributed by atoms with van der Waals surface area (Å²) in [5.74, 6) is 2.13. The van der Waals surface area contributed by atoms with Gasteiger partial charge in [0.25, 0.3) is 0 Å². The summed E-state index contributed by atoms with van der Waals surface area (Å²) in [5.41, 5.74) is 5.52. The number of allylic oxidation sites excluding steroid dienone is 4. The van der Waals surface area contributed by atoms with Gasteiger partial charge in [-0.25, -0.2) is 9.38 Å². The minimum Gasteiger partial charge on any atom is -0.374 e. The zero-order valence-corrected chi connectivity index (χ0v) is 21.7. The molecule has 2 aliphatic heterocycles. The average Bonchev–Trinajstić information content (AvgIpc) is 2.82. The van der Waals surface area contributed by atoms with E-state index in [1.807, 2.05) is 6.08 Å². The molecule has 3 atom stereocenters. The molecule has 0 aromatic heterocycles. The number of thiol groups is 1. The van der Waals surface area contributed by atoms with Crippen molar-refractivity contribution in [3.05, 3.63) is 72.2 Å². The third-order valence-corrected chi connectivity index (χ3v) is 7.51. The third-order valence-electron chi connectivity index (χ3n) is 7.21. The Morgan fingerprint density at radius 2 is 2.09 bits per heavy atom. The summed E-state index contributed by atoms with van der Waals surface area (Å²) in [7, 11) is 0. The number of piperidine rings is 1. The van der Waals surface area contributed by atoms with Gasteiger partial charge in [-0.1, -0.05) is 39.1 Å². The Morgan fingerprint density at radius 3 is 2.76 bits per heavy atom. The second-order valence-corrected chi connectivity index (χ2v) is 11.1. The highest BCUT2D eigenvalue weighted by Gasteiger charge is 2.30. The Hall–Kier alpha value is -2.27. The number of hydrogen-bond acceptors (Lipinski definition) is 4. The fourth-order valence-electron chi connectivity index (χ4n) is 5.24. The van der Waals surface area contributed by atoms with Crippen LogP contribution in [0.1, 0.15) is 51.2 Å². The first kappa shape index (κ1) is 24.8. The number of likely N-dealkylation sites (tertiary alicyclic amines) is 1. The predicted octanol–water partition coefficient (Wildman–Crippen LogP) is 7.17. The summed E-state index contributed by atoms with van der Waals surface area (Å²) < 4.78 is 13.3. The second-order valence-electron chi connectivity index (χ2n) is 10.3. The van der Waals surface area contributed by atoms with Gasteiger partial charge in [0, 0.05) is 47.8 Å². The molecule has 0 amide bonds. The Bertz CT molecular complexity index is 1040. The van der Waals surface area contributed by atoms with Crippen molar-refractivity contribution >= 4 is 29.8 Å². The molecule has 1 aromatic rings. The number of benzene rings is 1. The highest BCUT2D eigenvalue weighted by molar-refractivity contribution is 7.81. The van der Waals surface area contributed by atoms with Crippen molar-refractivity contribution in [1.29, 1.82) is 0 Å². The zero-order chi connectivity index (χ0) is 24.4. The van der Waals surface area contributed by atoms with Gasteiger partial charge in [0.05, 0.1) is 5.69 Å². The lowest BCUT2D eigenvalue weighted by atomic mass is 9.90. The lowest BCUT2D eigenvalue weighted by Crippen LogP contribution is -2.44. The van der Waals surface area contributed by atoms with E-state index in [1.54, 1.807) is 12.2 Å². The Morgan fingerprint density at radius 1 is 1.29 bits per heavy atom. The molecule has 3 aliphatic rings. The van der Waals surface area contributed by atoms with Crippen LogP contribution in [0.25, 0.3) is 5.70 Å². The molecule has 1 fully saturated rings. The molecule has 3 nitrogen and oxygen atoms in total. The third kappa shape index (κ3) is 5.51. The van der Waals surface area contributed by atoms with Crippen LogP contribution in [0.2, 0.25) is 0 Å². The molecule has 4 rings (SSSR count). The molecule has 1 aliphatic carbocycles. The van der Waals surface area contributed by atoms with Gasteiger partial charge in [0.1, 0.15) is 11.7 Å². The number of fused-ring (bicyclic) bond motifs is 1. The SMILES string of the molecule is C=C(C(C)S)N1CCCC(CN2C(=C)c3cc(CC4C=CC(F)=CC4)ccc3N=C2C(C)C)C1.